The molecule has 0 saturated carbocycles. The van der Waals surface area contributed by atoms with Crippen LogP contribution in [0.1, 0.15) is 22.7 Å². The molecule has 0 aromatic heterocycles. The van der Waals surface area contributed by atoms with E-state index in [0.29, 0.717) is 11.3 Å². The Kier molecular flexibility index (Phi) is 7.46. The lowest BCUT2D eigenvalue weighted by Gasteiger charge is -2.29. The fourth-order valence-corrected chi connectivity index (χ4v) is 6.18. The van der Waals surface area contributed by atoms with E-state index in [9.17, 15) is 24.6 Å². The summed E-state index contributed by atoms with van der Waals surface area (Å²) >= 11 is 1.52. The van der Waals surface area contributed by atoms with E-state index in [2.05, 4.69) is 5.32 Å². The fraction of sp³-hybridized carbons (Fsp3) is 0.233. The Bertz CT molecular complexity index is 1350. The monoisotopic (exact) mass is 528 g/mol. The molecule has 3 aromatic rings. The highest BCUT2D eigenvalue weighted by molar-refractivity contribution is 7.99. The van der Waals surface area contributed by atoms with Gasteiger partial charge in [-0.25, -0.2) is 0 Å². The predicted octanol–water partition coefficient (Wildman–Crippen LogP) is 3.71. The molecule has 2 fully saturated rings. The number of rotatable bonds is 9. The quantitative estimate of drug-likeness (QED) is 0.221. The summed E-state index contributed by atoms with van der Waals surface area (Å²) in [5, 5.41) is 23.3. The number of likely N-dealkylation sites (tertiary alicyclic amines) is 1. The van der Waals surface area contributed by atoms with Crippen molar-refractivity contribution < 1.29 is 24.6 Å². The molecule has 2 heterocycles. The smallest absolute Gasteiger partial charge is 0.327 e. The molecule has 2 amide bonds. The molecule has 2 aliphatic heterocycles. The molecule has 7 nitrogen and oxygen atoms in total. The van der Waals surface area contributed by atoms with Crippen LogP contribution >= 0.6 is 11.8 Å². The first-order valence-corrected chi connectivity index (χ1v) is 13.4. The summed E-state index contributed by atoms with van der Waals surface area (Å²) < 4.78 is 0. The van der Waals surface area contributed by atoms with Gasteiger partial charge in [-0.3, -0.25) is 24.6 Å². The van der Waals surface area contributed by atoms with Gasteiger partial charge in [-0.05, 0) is 28.8 Å². The number of carbonyl (C=O) groups excluding carboxylic acids is 2. The van der Waals surface area contributed by atoms with E-state index < -0.39 is 47.8 Å². The van der Waals surface area contributed by atoms with E-state index in [1.165, 1.54) is 16.7 Å². The Morgan fingerprint density at radius 2 is 1.50 bits per heavy atom. The number of imide groups is 1. The number of amides is 2. The number of carbonyl (C=O) groups is 3. The van der Waals surface area contributed by atoms with Crippen LogP contribution in [-0.2, 0) is 14.4 Å². The third kappa shape index (κ3) is 4.78. The third-order valence-electron chi connectivity index (χ3n) is 7.27. The van der Waals surface area contributed by atoms with Crippen LogP contribution in [0.15, 0.2) is 89.8 Å². The summed E-state index contributed by atoms with van der Waals surface area (Å²) in [5.74, 6) is -3.93. The maximum absolute atomic E-state index is 13.5. The van der Waals surface area contributed by atoms with Crippen molar-refractivity contribution in [1.29, 1.82) is 0 Å². The lowest BCUT2D eigenvalue weighted by Crippen LogP contribution is -2.58. The zero-order valence-electron chi connectivity index (χ0n) is 20.6. The van der Waals surface area contributed by atoms with Crippen molar-refractivity contribution in [2.24, 2.45) is 11.8 Å². The summed E-state index contributed by atoms with van der Waals surface area (Å²) in [4.78, 5) is 41.6. The van der Waals surface area contributed by atoms with Gasteiger partial charge in [-0.15, -0.1) is 11.8 Å². The molecule has 194 valence electrons. The second-order valence-electron chi connectivity index (χ2n) is 9.46. The average Bonchev–Trinajstić information content (AvgIpc) is 3.43. The number of thioether (sulfide) groups is 1. The number of hydrogen-bond donors (Lipinski definition) is 3. The van der Waals surface area contributed by atoms with Crippen LogP contribution in [0, 0.1) is 11.8 Å². The Balaban J connectivity index is 1.38. The molecule has 2 aliphatic rings. The Morgan fingerprint density at radius 1 is 0.895 bits per heavy atom. The first-order valence-electron chi connectivity index (χ1n) is 12.4. The van der Waals surface area contributed by atoms with Crippen LogP contribution in [0.4, 0.5) is 0 Å². The molecule has 3 aromatic carbocycles. The summed E-state index contributed by atoms with van der Waals surface area (Å²) in [6.07, 6.45) is 3.96. The highest BCUT2D eigenvalue weighted by atomic mass is 32.2. The van der Waals surface area contributed by atoms with Gasteiger partial charge in [0.05, 0.1) is 18.4 Å². The minimum absolute atomic E-state index is 0.168. The van der Waals surface area contributed by atoms with Gasteiger partial charge in [0, 0.05) is 23.2 Å². The van der Waals surface area contributed by atoms with Gasteiger partial charge >= 0.3 is 5.97 Å². The van der Waals surface area contributed by atoms with Crippen molar-refractivity contribution in [3.8, 4) is 0 Å². The van der Waals surface area contributed by atoms with E-state index in [1.54, 1.807) is 0 Å². The van der Waals surface area contributed by atoms with E-state index in [1.807, 2.05) is 97.1 Å². The normalized spacial score (nSPS) is 24.8. The van der Waals surface area contributed by atoms with Crippen LogP contribution in [0.3, 0.4) is 0 Å². The first kappa shape index (κ1) is 25.9. The molecular formula is C30H28N2O5S. The van der Waals surface area contributed by atoms with Crippen LogP contribution in [0.5, 0.6) is 0 Å². The molecule has 0 bridgehead atoms. The van der Waals surface area contributed by atoms with Crippen molar-refractivity contribution in [3.05, 3.63) is 102 Å². The molecule has 4 unspecified atom stereocenters. The minimum atomic E-state index is -1.94. The standard InChI is InChI=1S/C30H28N2O5S/c33-19-30(29(36)37)25-24(27(34)32(28(25)35)17-18-38-23-9-5-2-6-10-23)26(31-30)22-15-13-21(14-16-22)12-11-20-7-3-1-4-8-20/h1-16,24-26,31,33H,17-19H2,(H,36,37)/b12-11+. The number of carboxylic acid groups (broad SMARTS) is 1. The van der Waals surface area contributed by atoms with Crippen LogP contribution in [0.25, 0.3) is 12.2 Å². The number of fused-ring (bicyclic) bond motifs is 1. The van der Waals surface area contributed by atoms with Crippen molar-refractivity contribution in [2.45, 2.75) is 16.5 Å². The molecule has 0 aliphatic carbocycles. The number of benzene rings is 3. The number of nitrogens with one attached hydrogen (secondary N) is 1. The number of aliphatic carboxylic acids is 1. The molecule has 2 saturated heterocycles. The van der Waals surface area contributed by atoms with Gasteiger partial charge in [-0.2, -0.15) is 0 Å². The Hall–Kier alpha value is -3.72. The molecule has 38 heavy (non-hydrogen) atoms. The van der Waals surface area contributed by atoms with Crippen molar-refractivity contribution in [3.63, 3.8) is 0 Å². The summed E-state index contributed by atoms with van der Waals surface area (Å²) in [5.41, 5.74) is 0.754. The summed E-state index contributed by atoms with van der Waals surface area (Å²) in [6, 6.07) is 26.3. The van der Waals surface area contributed by atoms with Gasteiger partial charge in [-0.1, -0.05) is 84.9 Å². The molecule has 5 rings (SSSR count). The second-order valence-corrected chi connectivity index (χ2v) is 10.6. The zero-order chi connectivity index (χ0) is 26.7. The van der Waals surface area contributed by atoms with Gasteiger partial charge in [0.2, 0.25) is 11.8 Å². The lowest BCUT2D eigenvalue weighted by molar-refractivity contribution is -0.153. The van der Waals surface area contributed by atoms with E-state index >= 15 is 0 Å². The fourth-order valence-electron chi connectivity index (χ4n) is 5.32. The highest BCUT2D eigenvalue weighted by Crippen LogP contribution is 2.48. The molecule has 0 spiro atoms. The zero-order valence-corrected chi connectivity index (χ0v) is 21.4. The molecular weight excluding hydrogens is 500 g/mol. The predicted molar refractivity (Wildman–Crippen MR) is 146 cm³/mol. The van der Waals surface area contributed by atoms with Crippen LogP contribution < -0.4 is 5.32 Å². The minimum Gasteiger partial charge on any atom is -0.480 e. The number of aliphatic hydroxyl groups is 1. The van der Waals surface area contributed by atoms with Crippen molar-refractivity contribution in [2.75, 3.05) is 18.9 Å². The number of aliphatic hydroxyl groups excluding tert-OH is 1. The van der Waals surface area contributed by atoms with Gasteiger partial charge < -0.3 is 10.2 Å². The van der Waals surface area contributed by atoms with E-state index in [4.69, 9.17) is 0 Å². The Morgan fingerprint density at radius 3 is 2.11 bits per heavy atom. The number of carboxylic acids is 1. The highest BCUT2D eigenvalue weighted by Gasteiger charge is 2.68. The molecule has 3 N–H and O–H groups in total. The summed E-state index contributed by atoms with van der Waals surface area (Å²) in [7, 11) is 0. The number of hydrogen-bond acceptors (Lipinski definition) is 6. The molecule has 8 heteroatoms. The average molecular weight is 529 g/mol. The van der Waals surface area contributed by atoms with Crippen LogP contribution in [0.2, 0.25) is 0 Å². The second kappa shape index (κ2) is 10.9. The maximum atomic E-state index is 13.5. The summed E-state index contributed by atoms with van der Waals surface area (Å²) in [6.45, 7) is -0.634. The van der Waals surface area contributed by atoms with Gasteiger partial charge in [0.1, 0.15) is 0 Å². The molecule has 0 radical (unpaired) electrons. The third-order valence-corrected chi connectivity index (χ3v) is 8.26. The SMILES string of the molecule is O=C1C2C(c3ccc(/C=C/c4ccccc4)cc3)NC(CO)(C(=O)O)C2C(=O)N1CCSc1ccccc1. The van der Waals surface area contributed by atoms with Crippen molar-refractivity contribution >= 4 is 41.7 Å². The van der Waals surface area contributed by atoms with E-state index in [-0.39, 0.29) is 6.54 Å². The van der Waals surface area contributed by atoms with Crippen LogP contribution in [-0.4, -0.2) is 57.3 Å². The molecule has 4 atom stereocenters. The van der Waals surface area contributed by atoms with E-state index in [0.717, 1.165) is 16.0 Å². The Labute approximate surface area is 225 Å². The number of nitrogens with zero attached hydrogens (tertiary/aromatic N) is 1. The maximum Gasteiger partial charge on any atom is 0.327 e. The topological polar surface area (TPSA) is 107 Å². The van der Waals surface area contributed by atoms with Gasteiger partial charge in [0.15, 0.2) is 5.54 Å². The first-order chi connectivity index (χ1) is 18.4. The van der Waals surface area contributed by atoms with Crippen molar-refractivity contribution in [1.82, 2.24) is 10.2 Å². The lowest BCUT2D eigenvalue weighted by atomic mass is 9.79. The largest absolute Gasteiger partial charge is 0.480 e. The van der Waals surface area contributed by atoms with Gasteiger partial charge in [0.25, 0.3) is 0 Å².